The van der Waals surface area contributed by atoms with Crippen LogP contribution in [0.1, 0.15) is 11.3 Å². The number of aliphatic hydroxyl groups excluding tert-OH is 2. The molecule has 0 unspecified atom stereocenters. The van der Waals surface area contributed by atoms with Crippen molar-refractivity contribution in [1.82, 2.24) is 9.97 Å². The van der Waals surface area contributed by atoms with Crippen LogP contribution in [0.4, 0.5) is 20.3 Å². The minimum absolute atomic E-state index is 0.0253. The summed E-state index contributed by atoms with van der Waals surface area (Å²) >= 11 is 1.15. The highest BCUT2D eigenvalue weighted by molar-refractivity contribution is 7.98. The van der Waals surface area contributed by atoms with Gasteiger partial charge in [-0.05, 0) is 35.9 Å². The summed E-state index contributed by atoms with van der Waals surface area (Å²) < 4.78 is 37.6. The van der Waals surface area contributed by atoms with E-state index in [9.17, 15) is 19.1 Å². The summed E-state index contributed by atoms with van der Waals surface area (Å²) in [7, 11) is 0. The number of hydrogen-bond donors (Lipinski definition) is 3. The van der Waals surface area contributed by atoms with E-state index < -0.39 is 24.3 Å². The van der Waals surface area contributed by atoms with E-state index in [1.165, 1.54) is 12.3 Å². The highest BCUT2D eigenvalue weighted by atomic mass is 32.2. The Balaban J connectivity index is 1.60. The fraction of sp³-hybridized carbons (Fsp3) is 0.154. The zero-order valence-electron chi connectivity index (χ0n) is 19.6. The zero-order valence-corrected chi connectivity index (χ0v) is 20.4. The van der Waals surface area contributed by atoms with Crippen LogP contribution in [-0.4, -0.2) is 39.5 Å². The lowest BCUT2D eigenvalue weighted by Crippen LogP contribution is -2.21. The third kappa shape index (κ3) is 5.74. The lowest BCUT2D eigenvalue weighted by Gasteiger charge is -2.14. The molecule has 4 N–H and O–H groups in total. The number of ether oxygens (including phenoxy) is 1. The molecule has 0 aliphatic heterocycles. The fourth-order valence-electron chi connectivity index (χ4n) is 3.41. The molecule has 0 bridgehead atoms. The molecule has 0 saturated carbocycles. The third-order valence-corrected chi connectivity index (χ3v) is 6.27. The van der Waals surface area contributed by atoms with Crippen LogP contribution in [0.15, 0.2) is 58.2 Å². The van der Waals surface area contributed by atoms with E-state index in [0.717, 1.165) is 23.9 Å². The van der Waals surface area contributed by atoms with E-state index >= 15 is 0 Å². The summed E-state index contributed by atoms with van der Waals surface area (Å²) in [5.41, 5.74) is 7.80. The van der Waals surface area contributed by atoms with Gasteiger partial charge in [-0.1, -0.05) is 23.9 Å². The number of nitrogens with two attached hydrogens (primary N) is 1. The average molecular weight is 536 g/mol. The number of nitrogen functional groups attached to an aromatic ring is 1. The van der Waals surface area contributed by atoms with Crippen LogP contribution < -0.4 is 10.5 Å². The summed E-state index contributed by atoms with van der Waals surface area (Å²) in [5.74, 6) is -1.32. The van der Waals surface area contributed by atoms with E-state index in [2.05, 4.69) is 20.9 Å². The Morgan fingerprint density at radius 2 is 1.89 bits per heavy atom. The van der Waals surface area contributed by atoms with Crippen molar-refractivity contribution in [3.8, 4) is 34.4 Å². The first kappa shape index (κ1) is 26.6. The molecule has 0 amide bonds. The van der Waals surface area contributed by atoms with E-state index in [0.29, 0.717) is 22.6 Å². The molecule has 0 saturated heterocycles. The van der Waals surface area contributed by atoms with Gasteiger partial charge < -0.3 is 25.1 Å². The minimum atomic E-state index is -1.02. The molecule has 0 aliphatic carbocycles. The second-order valence-corrected chi connectivity index (χ2v) is 8.82. The van der Waals surface area contributed by atoms with Crippen LogP contribution in [0.25, 0.3) is 27.4 Å². The van der Waals surface area contributed by atoms with Gasteiger partial charge in [0.1, 0.15) is 41.6 Å². The third-order valence-electron chi connectivity index (χ3n) is 5.26. The number of pyridine rings is 1. The largest absolute Gasteiger partial charge is 0.491 e. The van der Waals surface area contributed by atoms with Gasteiger partial charge in [-0.3, -0.25) is 0 Å². The number of halogens is 2. The van der Waals surface area contributed by atoms with Crippen LogP contribution >= 0.6 is 11.8 Å². The molecule has 2 aromatic heterocycles. The molecule has 0 spiro atoms. The Labute approximate surface area is 220 Å². The van der Waals surface area contributed by atoms with E-state index in [-0.39, 0.29) is 45.9 Å². The van der Waals surface area contributed by atoms with Crippen molar-refractivity contribution < 1.29 is 28.1 Å². The first-order chi connectivity index (χ1) is 18.3. The summed E-state index contributed by atoms with van der Waals surface area (Å²) in [6, 6.07) is 11.9. The number of aliphatic hydroxyl groups is 2. The molecule has 1 atom stereocenters. The molecular formula is C26H19F2N5O4S. The normalized spacial score (nSPS) is 11.5. The molecule has 38 heavy (non-hydrogen) atoms. The van der Waals surface area contributed by atoms with Gasteiger partial charge in [0.15, 0.2) is 11.6 Å². The Bertz CT molecular complexity index is 1550. The number of nitrogens with zero attached hydrogens (tertiary/aromatic N) is 4. The molecule has 0 fully saturated rings. The molecular weight excluding hydrogens is 516 g/mol. The van der Waals surface area contributed by atoms with E-state index in [1.807, 2.05) is 0 Å². The van der Waals surface area contributed by atoms with Gasteiger partial charge in [-0.25, -0.2) is 23.6 Å². The molecule has 2 aromatic carbocycles. The summed E-state index contributed by atoms with van der Waals surface area (Å²) in [6.45, 7) is 7.05. The number of aromatic nitrogens is 2. The highest BCUT2D eigenvalue weighted by Crippen LogP contribution is 2.42. The van der Waals surface area contributed by atoms with Crippen molar-refractivity contribution in [3.63, 3.8) is 0 Å². The topological polar surface area (TPSA) is 143 Å². The highest BCUT2D eigenvalue weighted by Gasteiger charge is 2.21. The van der Waals surface area contributed by atoms with Crippen molar-refractivity contribution in [2.24, 2.45) is 0 Å². The number of benzene rings is 2. The van der Waals surface area contributed by atoms with Gasteiger partial charge in [0.25, 0.3) is 0 Å². The van der Waals surface area contributed by atoms with Gasteiger partial charge in [-0.15, -0.1) is 0 Å². The van der Waals surface area contributed by atoms with Crippen LogP contribution in [0.3, 0.4) is 0 Å². The first-order valence-corrected chi connectivity index (χ1v) is 12.0. The average Bonchev–Trinajstić information content (AvgIpc) is 3.41. The number of oxazole rings is 1. The SMILES string of the molecule is [C-]#[N+]c1c(N)nc(SCc2coc(-c3ccc(F)c(F)c3)n2)c(C#N)c1-c1ccc(OC[C@@H](O)CO)cc1. The second kappa shape index (κ2) is 11.7. The standard InChI is InChI=1S/C26H19F2N5O4S/c1-31-23-22(14-2-5-18(6-3-14)36-12-17(35)10-34)19(9-29)26(33-24(23)30)38-13-16-11-37-25(32-16)15-4-7-20(27)21(28)8-15/h2-8,11,17,34-35H,10,12-13H2,(H2,30,33)/t17-/m0/s1. The lowest BCUT2D eigenvalue weighted by atomic mass is 10.00. The maximum absolute atomic E-state index is 13.6. The van der Waals surface area contributed by atoms with Crippen LogP contribution in [-0.2, 0) is 5.75 Å². The predicted molar refractivity (Wildman–Crippen MR) is 135 cm³/mol. The van der Waals surface area contributed by atoms with Gasteiger partial charge in [-0.2, -0.15) is 5.26 Å². The van der Waals surface area contributed by atoms with Gasteiger partial charge in [0.2, 0.25) is 11.6 Å². The summed E-state index contributed by atoms with van der Waals surface area (Å²) in [6.07, 6.45) is 0.339. The molecule has 4 rings (SSSR count). The van der Waals surface area contributed by atoms with Crippen molar-refractivity contribution in [1.29, 1.82) is 5.26 Å². The Hall–Kier alpha value is -4.49. The zero-order chi connectivity index (χ0) is 27.2. The fourth-order valence-corrected chi connectivity index (χ4v) is 4.29. The van der Waals surface area contributed by atoms with E-state index in [4.69, 9.17) is 26.6 Å². The second-order valence-electron chi connectivity index (χ2n) is 7.86. The number of nitriles is 1. The maximum Gasteiger partial charge on any atom is 0.236 e. The predicted octanol–water partition coefficient (Wildman–Crippen LogP) is 4.71. The molecule has 192 valence electrons. The van der Waals surface area contributed by atoms with Gasteiger partial charge in [0.05, 0.1) is 24.4 Å². The molecule has 2 heterocycles. The van der Waals surface area contributed by atoms with Crippen LogP contribution in [0, 0.1) is 29.5 Å². The maximum atomic E-state index is 13.6. The van der Waals surface area contributed by atoms with Crippen molar-refractivity contribution in [3.05, 3.63) is 83.0 Å². The van der Waals surface area contributed by atoms with Crippen LogP contribution in [0.2, 0.25) is 0 Å². The van der Waals surface area contributed by atoms with Gasteiger partial charge in [0, 0.05) is 16.9 Å². The summed E-state index contributed by atoms with van der Waals surface area (Å²) in [5, 5.41) is 28.6. The van der Waals surface area contributed by atoms with Gasteiger partial charge >= 0.3 is 0 Å². The summed E-state index contributed by atoms with van der Waals surface area (Å²) in [4.78, 5) is 12.0. The quantitative estimate of drug-likeness (QED) is 0.205. The number of hydrogen-bond acceptors (Lipinski definition) is 9. The molecule has 4 aromatic rings. The first-order valence-electron chi connectivity index (χ1n) is 11.0. The van der Waals surface area contributed by atoms with Crippen molar-refractivity contribution in [2.45, 2.75) is 16.9 Å². The smallest absolute Gasteiger partial charge is 0.236 e. The lowest BCUT2D eigenvalue weighted by molar-refractivity contribution is 0.0536. The Morgan fingerprint density at radius 3 is 2.55 bits per heavy atom. The van der Waals surface area contributed by atoms with Crippen molar-refractivity contribution >= 4 is 23.3 Å². The van der Waals surface area contributed by atoms with Crippen molar-refractivity contribution in [2.75, 3.05) is 18.9 Å². The monoisotopic (exact) mass is 535 g/mol. The van der Waals surface area contributed by atoms with E-state index in [1.54, 1.807) is 24.3 Å². The molecule has 9 nitrogen and oxygen atoms in total. The number of anilines is 1. The number of thioether (sulfide) groups is 1. The molecule has 0 aliphatic rings. The minimum Gasteiger partial charge on any atom is -0.491 e. The molecule has 12 heteroatoms. The van der Waals surface area contributed by atoms with Crippen LogP contribution in [0.5, 0.6) is 5.75 Å². The Kier molecular flexibility index (Phi) is 8.19. The number of rotatable bonds is 9. The molecule has 0 radical (unpaired) electrons. The Morgan fingerprint density at radius 1 is 1.16 bits per heavy atom.